The van der Waals surface area contributed by atoms with Gasteiger partial charge in [-0.15, -0.1) is 0 Å². The van der Waals surface area contributed by atoms with E-state index >= 15 is 0 Å². The molecule has 0 radical (unpaired) electrons. The van der Waals surface area contributed by atoms with Crippen LogP contribution in [0.4, 0.5) is 5.69 Å². The van der Waals surface area contributed by atoms with Crippen LogP contribution >= 0.6 is 27.5 Å². The van der Waals surface area contributed by atoms with Crippen molar-refractivity contribution in [3.63, 3.8) is 0 Å². The molecule has 0 bridgehead atoms. The molecule has 0 amide bonds. The van der Waals surface area contributed by atoms with Gasteiger partial charge in [0.05, 0.1) is 5.75 Å². The van der Waals surface area contributed by atoms with Crippen molar-refractivity contribution in [3.8, 4) is 0 Å². The zero-order valence-electron chi connectivity index (χ0n) is 8.13. The van der Waals surface area contributed by atoms with E-state index in [1.807, 2.05) is 0 Å². The van der Waals surface area contributed by atoms with Gasteiger partial charge in [0.15, 0.2) is 0 Å². The molecule has 0 aromatic heterocycles. The summed E-state index contributed by atoms with van der Waals surface area (Å²) in [5.41, 5.74) is 0.836. The topological polar surface area (TPSA) is 46.2 Å². The van der Waals surface area contributed by atoms with Crippen LogP contribution in [-0.2, 0) is 9.84 Å². The average molecular weight is 313 g/mol. The number of anilines is 1. The third kappa shape index (κ3) is 4.86. The molecule has 0 aliphatic heterocycles. The standard InChI is InChI=1S/C9H11BrClNO2S/c1-15(13,14)5-4-12-9-3-2-7(11)6-8(9)10/h2-3,6,12H,4-5H2,1H3. The van der Waals surface area contributed by atoms with Crippen molar-refractivity contribution in [2.75, 3.05) is 23.9 Å². The van der Waals surface area contributed by atoms with Crippen LogP contribution in [0.5, 0.6) is 0 Å². The number of rotatable bonds is 4. The molecule has 0 aliphatic carbocycles. The van der Waals surface area contributed by atoms with Crippen LogP contribution in [0.2, 0.25) is 5.02 Å². The summed E-state index contributed by atoms with van der Waals surface area (Å²) in [6.45, 7) is 0.388. The summed E-state index contributed by atoms with van der Waals surface area (Å²) in [5, 5.41) is 3.65. The van der Waals surface area contributed by atoms with E-state index in [0.29, 0.717) is 11.6 Å². The Morgan fingerprint density at radius 1 is 1.47 bits per heavy atom. The fourth-order valence-corrected chi connectivity index (χ4v) is 2.30. The van der Waals surface area contributed by atoms with Crippen LogP contribution in [0.1, 0.15) is 0 Å². The van der Waals surface area contributed by atoms with Gasteiger partial charge in [-0.25, -0.2) is 8.42 Å². The third-order valence-corrected chi connectivity index (χ3v) is 3.56. The first-order chi connectivity index (χ1) is 6.88. The van der Waals surface area contributed by atoms with Crippen molar-refractivity contribution in [1.29, 1.82) is 0 Å². The zero-order chi connectivity index (χ0) is 11.5. The minimum Gasteiger partial charge on any atom is -0.383 e. The van der Waals surface area contributed by atoms with E-state index in [1.165, 1.54) is 6.26 Å². The van der Waals surface area contributed by atoms with E-state index in [4.69, 9.17) is 11.6 Å². The summed E-state index contributed by atoms with van der Waals surface area (Å²) in [5.74, 6) is 0.113. The summed E-state index contributed by atoms with van der Waals surface area (Å²) in [6.07, 6.45) is 1.21. The Bertz CT molecular complexity index is 447. The smallest absolute Gasteiger partial charge is 0.149 e. The summed E-state index contributed by atoms with van der Waals surface area (Å²) >= 11 is 9.10. The molecule has 3 nitrogen and oxygen atoms in total. The van der Waals surface area contributed by atoms with Crippen molar-refractivity contribution >= 4 is 43.1 Å². The van der Waals surface area contributed by atoms with Gasteiger partial charge in [0.2, 0.25) is 0 Å². The highest BCUT2D eigenvalue weighted by Crippen LogP contribution is 2.25. The molecule has 1 aromatic carbocycles. The first kappa shape index (κ1) is 12.8. The first-order valence-corrected chi connectivity index (χ1v) is 7.48. The number of halogens is 2. The van der Waals surface area contributed by atoms with Crippen molar-refractivity contribution in [1.82, 2.24) is 0 Å². The van der Waals surface area contributed by atoms with Crippen LogP contribution in [-0.4, -0.2) is 27.0 Å². The van der Waals surface area contributed by atoms with Crippen LogP contribution in [0.25, 0.3) is 0 Å². The van der Waals surface area contributed by atoms with Crippen LogP contribution in [0.15, 0.2) is 22.7 Å². The van der Waals surface area contributed by atoms with Crippen molar-refractivity contribution in [2.24, 2.45) is 0 Å². The van der Waals surface area contributed by atoms with Crippen LogP contribution in [0.3, 0.4) is 0 Å². The lowest BCUT2D eigenvalue weighted by Crippen LogP contribution is -2.14. The van der Waals surface area contributed by atoms with E-state index < -0.39 is 9.84 Å². The fraction of sp³-hybridized carbons (Fsp3) is 0.333. The van der Waals surface area contributed by atoms with Gasteiger partial charge < -0.3 is 5.32 Å². The van der Waals surface area contributed by atoms with Crippen LogP contribution < -0.4 is 5.32 Å². The van der Waals surface area contributed by atoms with Gasteiger partial charge >= 0.3 is 0 Å². The second-order valence-electron chi connectivity index (χ2n) is 3.18. The minimum absolute atomic E-state index is 0.113. The Hall–Kier alpha value is -0.260. The quantitative estimate of drug-likeness (QED) is 0.929. The SMILES string of the molecule is CS(=O)(=O)CCNc1ccc(Cl)cc1Br. The molecule has 0 saturated heterocycles. The van der Waals surface area contributed by atoms with Crippen molar-refractivity contribution in [3.05, 3.63) is 27.7 Å². The van der Waals surface area contributed by atoms with Gasteiger partial charge in [0.25, 0.3) is 0 Å². The van der Waals surface area contributed by atoms with E-state index in [-0.39, 0.29) is 5.75 Å². The highest BCUT2D eigenvalue weighted by Gasteiger charge is 2.03. The summed E-state index contributed by atoms with van der Waals surface area (Å²) in [4.78, 5) is 0. The average Bonchev–Trinajstić information content (AvgIpc) is 2.07. The Kier molecular flexibility index (Phi) is 4.43. The van der Waals surface area contributed by atoms with Gasteiger partial charge in [-0.05, 0) is 34.1 Å². The lowest BCUT2D eigenvalue weighted by Gasteiger charge is -2.07. The maximum Gasteiger partial charge on any atom is 0.149 e. The molecular formula is C9H11BrClNO2S. The molecule has 0 atom stereocenters. The highest BCUT2D eigenvalue weighted by atomic mass is 79.9. The Morgan fingerprint density at radius 3 is 2.67 bits per heavy atom. The predicted octanol–water partition coefficient (Wildman–Crippen LogP) is 2.56. The maximum atomic E-state index is 10.9. The van der Waals surface area contributed by atoms with Crippen molar-refractivity contribution < 1.29 is 8.42 Å². The molecule has 1 aromatic rings. The molecule has 0 unspecified atom stereocenters. The molecule has 0 spiro atoms. The Balaban J connectivity index is 2.59. The molecule has 15 heavy (non-hydrogen) atoms. The summed E-state index contributed by atoms with van der Waals surface area (Å²) in [7, 11) is -2.92. The molecule has 6 heteroatoms. The fourth-order valence-electron chi connectivity index (χ4n) is 1.00. The maximum absolute atomic E-state index is 10.9. The number of hydrogen-bond donors (Lipinski definition) is 1. The molecular weight excluding hydrogens is 302 g/mol. The van der Waals surface area contributed by atoms with Gasteiger partial charge in [-0.2, -0.15) is 0 Å². The highest BCUT2D eigenvalue weighted by molar-refractivity contribution is 9.10. The third-order valence-electron chi connectivity index (χ3n) is 1.72. The lowest BCUT2D eigenvalue weighted by atomic mass is 10.3. The molecule has 0 saturated carbocycles. The largest absolute Gasteiger partial charge is 0.383 e. The predicted molar refractivity (Wildman–Crippen MR) is 67.4 cm³/mol. The van der Waals surface area contributed by atoms with Gasteiger partial charge in [0.1, 0.15) is 9.84 Å². The van der Waals surface area contributed by atoms with Crippen molar-refractivity contribution in [2.45, 2.75) is 0 Å². The van der Waals surface area contributed by atoms with E-state index in [2.05, 4.69) is 21.2 Å². The van der Waals surface area contributed by atoms with E-state index in [1.54, 1.807) is 18.2 Å². The van der Waals surface area contributed by atoms with Gasteiger partial charge in [-0.3, -0.25) is 0 Å². The number of nitrogens with one attached hydrogen (secondary N) is 1. The monoisotopic (exact) mass is 311 g/mol. The van der Waals surface area contributed by atoms with E-state index in [0.717, 1.165) is 10.2 Å². The van der Waals surface area contributed by atoms with Gasteiger partial charge in [0, 0.05) is 28.0 Å². The number of hydrogen-bond acceptors (Lipinski definition) is 3. The molecule has 1 N–H and O–H groups in total. The summed E-state index contributed by atoms with van der Waals surface area (Å²) in [6, 6.07) is 5.30. The second-order valence-corrected chi connectivity index (χ2v) is 6.73. The van der Waals surface area contributed by atoms with Gasteiger partial charge in [-0.1, -0.05) is 11.6 Å². The lowest BCUT2D eigenvalue weighted by molar-refractivity contribution is 0.602. The molecule has 0 aliphatic rings. The van der Waals surface area contributed by atoms with Crippen LogP contribution in [0, 0.1) is 0 Å². The zero-order valence-corrected chi connectivity index (χ0v) is 11.3. The first-order valence-electron chi connectivity index (χ1n) is 4.25. The number of benzene rings is 1. The summed E-state index contributed by atoms with van der Waals surface area (Å²) < 4.78 is 22.6. The minimum atomic E-state index is -2.92. The number of sulfone groups is 1. The molecule has 1 rings (SSSR count). The van der Waals surface area contributed by atoms with E-state index in [9.17, 15) is 8.42 Å². The normalized spacial score (nSPS) is 11.4. The molecule has 84 valence electrons. The Morgan fingerprint density at radius 2 is 2.13 bits per heavy atom. The molecule has 0 fully saturated rings. The second kappa shape index (κ2) is 5.18. The molecule has 0 heterocycles. The Labute approximate surface area is 103 Å².